The number of likely N-dealkylation sites (tertiary alicyclic amines) is 1. The number of carbonyl (C=O) groups excluding carboxylic acids is 2. The molecular weight excluding hydrogens is 625 g/mol. The predicted octanol–water partition coefficient (Wildman–Crippen LogP) is 4.49. The molecule has 2 aromatic carbocycles. The van der Waals surface area contributed by atoms with E-state index in [4.69, 9.17) is 6.11 Å². The van der Waals surface area contributed by atoms with Crippen LogP contribution in [0.1, 0.15) is 21.1 Å². The number of rotatable bonds is 9. The van der Waals surface area contributed by atoms with Crippen molar-refractivity contribution in [3.05, 3.63) is 78.5 Å². The van der Waals surface area contributed by atoms with Gasteiger partial charge in [0.2, 0.25) is 11.8 Å². The van der Waals surface area contributed by atoms with Crippen LogP contribution in [0.15, 0.2) is 65.9 Å². The number of nitrogens with one attached hydrogen (secondary N) is 1. The first kappa shape index (κ1) is 31.0. The second kappa shape index (κ2) is 13.1. The third-order valence-corrected chi connectivity index (χ3v) is 8.97. The number of hydrogen-bond acceptors (Lipinski definition) is 9. The van der Waals surface area contributed by atoms with Crippen molar-refractivity contribution >= 4 is 44.1 Å². The zero-order valence-corrected chi connectivity index (χ0v) is 25.7. The number of benzene rings is 2. The Morgan fingerprint density at radius 1 is 1.09 bits per heavy atom. The second-order valence-electron chi connectivity index (χ2n) is 10.5. The summed E-state index contributed by atoms with van der Waals surface area (Å²) in [6.07, 6.45) is 4.40. The fraction of sp³-hybridized carbons (Fsp3) is 0.258. The molecule has 15 heteroatoms. The van der Waals surface area contributed by atoms with E-state index >= 15 is 4.39 Å². The first-order valence-corrected chi connectivity index (χ1v) is 15.5. The average Bonchev–Trinajstić information content (AvgIpc) is 3.02. The molecule has 1 saturated heterocycles. The van der Waals surface area contributed by atoms with Gasteiger partial charge in [-0.2, -0.15) is 0 Å². The largest absolute Gasteiger partial charge is 0.480 e. The fourth-order valence-corrected chi connectivity index (χ4v) is 6.31. The fourth-order valence-electron chi connectivity index (χ4n) is 5.20. The third kappa shape index (κ3) is 6.63. The maximum Gasteiger partial charge on any atom is 0.264 e. The summed E-state index contributed by atoms with van der Waals surface area (Å²) < 4.78 is 85.7. The Kier molecular flexibility index (Phi) is 8.83. The summed E-state index contributed by atoms with van der Waals surface area (Å²) in [6.45, 7) is 2.13. The van der Waals surface area contributed by atoms with Crippen LogP contribution in [0.5, 0.6) is 5.88 Å². The maximum atomic E-state index is 16.5. The number of anilines is 2. The van der Waals surface area contributed by atoms with Gasteiger partial charge in [0.1, 0.15) is 41.5 Å². The summed E-state index contributed by atoms with van der Waals surface area (Å²) in [5.74, 6) is -3.60. The first-order chi connectivity index (χ1) is 22.3. The number of sulfonamides is 1. The maximum absolute atomic E-state index is 16.5. The molecule has 240 valence electrons. The van der Waals surface area contributed by atoms with Gasteiger partial charge in [0, 0.05) is 55.6 Å². The molecule has 0 spiro atoms. The second-order valence-corrected chi connectivity index (χ2v) is 12.2. The predicted molar refractivity (Wildman–Crippen MR) is 164 cm³/mol. The standard InChI is InChI=1S/C31H29F3N6O5S/c1-18(41)4-9-27(42)40-12-10-21(11-13-40)39(2)30-28-24(36-17-37-30)7-6-22(29(28)34)19-14-25(31(45-3)35-16-19)38-46(43,44)26-8-5-20(32)15-23(26)33/h4-9,14-17,21,38H,10-13H2,1-3H3/b9-4+/i17D. The first-order valence-electron chi connectivity index (χ1n) is 14.5. The van der Waals surface area contributed by atoms with Crippen LogP contribution in [-0.2, 0) is 19.6 Å². The van der Waals surface area contributed by atoms with Gasteiger partial charge in [0.15, 0.2) is 5.78 Å². The number of nitrogens with zero attached hydrogens (tertiary/aromatic N) is 5. The molecule has 11 nitrogen and oxygen atoms in total. The lowest BCUT2D eigenvalue weighted by Gasteiger charge is -2.37. The molecule has 1 amide bonds. The number of allylic oxidation sites excluding steroid dienone is 1. The SMILES string of the molecule is [2H]c1nc(N(C)C2CCN(C(=O)/C=C/C(C)=O)CC2)c2c(F)c(-c3cnc(OC)c(NS(=O)(=O)c4ccc(F)cc4F)c3)ccc2n1. The summed E-state index contributed by atoms with van der Waals surface area (Å²) in [4.78, 5) is 38.6. The van der Waals surface area contributed by atoms with Gasteiger partial charge in [-0.25, -0.2) is 36.5 Å². The molecule has 0 unspecified atom stereocenters. The lowest BCUT2D eigenvalue weighted by atomic mass is 10.0. The van der Waals surface area contributed by atoms with E-state index in [1.165, 1.54) is 50.6 Å². The van der Waals surface area contributed by atoms with Gasteiger partial charge >= 0.3 is 0 Å². The molecular formula is C31H29F3N6O5S. The molecule has 0 bridgehead atoms. The molecule has 0 saturated carbocycles. The van der Waals surface area contributed by atoms with Crippen LogP contribution >= 0.6 is 0 Å². The Balaban J connectivity index is 1.48. The molecule has 1 aliphatic heterocycles. The highest BCUT2D eigenvalue weighted by atomic mass is 32.2. The van der Waals surface area contributed by atoms with E-state index in [-0.39, 0.29) is 63.5 Å². The van der Waals surface area contributed by atoms with Gasteiger partial charge in [0.05, 0.1) is 18.0 Å². The van der Waals surface area contributed by atoms with Gasteiger partial charge in [-0.05, 0) is 56.2 Å². The van der Waals surface area contributed by atoms with E-state index in [9.17, 15) is 26.8 Å². The quantitative estimate of drug-likeness (QED) is 0.259. The average molecular weight is 656 g/mol. The molecule has 0 radical (unpaired) electrons. The molecule has 0 aliphatic carbocycles. The summed E-state index contributed by atoms with van der Waals surface area (Å²) in [6, 6.07) is 5.97. The molecule has 1 aliphatic rings. The summed E-state index contributed by atoms with van der Waals surface area (Å²) in [5.41, 5.74) is 0.0400. The summed E-state index contributed by atoms with van der Waals surface area (Å²) in [7, 11) is -1.64. The van der Waals surface area contributed by atoms with Crippen molar-refractivity contribution in [1.82, 2.24) is 19.9 Å². The zero-order valence-electron chi connectivity index (χ0n) is 25.9. The zero-order chi connectivity index (χ0) is 34.0. The number of hydrogen-bond donors (Lipinski definition) is 1. The monoisotopic (exact) mass is 655 g/mol. The Labute approximate surface area is 264 Å². The van der Waals surface area contributed by atoms with E-state index < -0.39 is 32.4 Å². The number of fused-ring (bicyclic) bond motifs is 1. The van der Waals surface area contributed by atoms with Gasteiger partial charge in [0.25, 0.3) is 10.0 Å². The minimum Gasteiger partial charge on any atom is -0.480 e. The lowest BCUT2D eigenvalue weighted by Crippen LogP contribution is -2.45. The highest BCUT2D eigenvalue weighted by Crippen LogP contribution is 2.36. The number of ketones is 1. The smallest absolute Gasteiger partial charge is 0.264 e. The number of methoxy groups -OCH3 is 1. The number of amides is 1. The molecule has 0 atom stereocenters. The van der Waals surface area contributed by atoms with Crippen LogP contribution in [0.3, 0.4) is 0 Å². The number of piperidine rings is 1. The van der Waals surface area contributed by atoms with Crippen LogP contribution in [-0.4, -0.2) is 73.2 Å². The third-order valence-electron chi connectivity index (χ3n) is 7.57. The Morgan fingerprint density at radius 2 is 1.83 bits per heavy atom. The lowest BCUT2D eigenvalue weighted by molar-refractivity contribution is -0.127. The van der Waals surface area contributed by atoms with Crippen molar-refractivity contribution in [2.45, 2.75) is 30.7 Å². The minimum atomic E-state index is -4.59. The van der Waals surface area contributed by atoms with Crippen LogP contribution in [0, 0.1) is 17.5 Å². The van der Waals surface area contributed by atoms with Crippen LogP contribution < -0.4 is 14.4 Å². The Morgan fingerprint density at radius 3 is 2.50 bits per heavy atom. The minimum absolute atomic E-state index is 0.00489. The van der Waals surface area contributed by atoms with Gasteiger partial charge in [-0.1, -0.05) is 0 Å². The van der Waals surface area contributed by atoms with Gasteiger partial charge < -0.3 is 14.5 Å². The number of halogens is 3. The number of pyridine rings is 1. The molecule has 46 heavy (non-hydrogen) atoms. The van der Waals surface area contributed by atoms with Gasteiger partial charge in [-0.15, -0.1) is 0 Å². The van der Waals surface area contributed by atoms with Crippen LogP contribution in [0.25, 0.3) is 22.0 Å². The van der Waals surface area contributed by atoms with Crippen molar-refractivity contribution in [3.63, 3.8) is 0 Å². The Hall–Kier alpha value is -5.05. The molecule has 5 rings (SSSR count). The van der Waals surface area contributed by atoms with Crippen molar-refractivity contribution in [1.29, 1.82) is 0 Å². The number of aromatic nitrogens is 3. The number of carbonyl (C=O) groups is 2. The van der Waals surface area contributed by atoms with Crippen molar-refractivity contribution < 1.29 is 37.3 Å². The van der Waals surface area contributed by atoms with Gasteiger partial charge in [-0.3, -0.25) is 14.3 Å². The van der Waals surface area contributed by atoms with Crippen molar-refractivity contribution in [2.24, 2.45) is 0 Å². The van der Waals surface area contributed by atoms with E-state index in [2.05, 4.69) is 19.7 Å². The molecule has 1 N–H and O–H groups in total. The molecule has 2 aromatic heterocycles. The van der Waals surface area contributed by atoms with Crippen LogP contribution in [0.2, 0.25) is 0 Å². The molecule has 3 heterocycles. The topological polar surface area (TPSA) is 135 Å². The molecule has 1 fully saturated rings. The van der Waals surface area contributed by atoms with Crippen LogP contribution in [0.4, 0.5) is 24.7 Å². The van der Waals surface area contributed by atoms with E-state index in [1.807, 2.05) is 0 Å². The van der Waals surface area contributed by atoms with Crippen molar-refractivity contribution in [3.8, 4) is 17.0 Å². The highest BCUT2D eigenvalue weighted by molar-refractivity contribution is 7.92. The molecule has 4 aromatic rings. The van der Waals surface area contributed by atoms with E-state index in [0.29, 0.717) is 32.0 Å². The van der Waals surface area contributed by atoms with E-state index in [1.54, 1.807) is 16.8 Å². The normalized spacial score (nSPS) is 14.4. The summed E-state index contributed by atoms with van der Waals surface area (Å²) in [5, 5.41) is 0.00947. The van der Waals surface area contributed by atoms with Crippen molar-refractivity contribution in [2.75, 3.05) is 36.9 Å². The number of ether oxygens (including phenoxy) is 1. The Bertz CT molecular complexity index is 2020. The highest BCUT2D eigenvalue weighted by Gasteiger charge is 2.28. The summed E-state index contributed by atoms with van der Waals surface area (Å²) >= 11 is 0. The van der Waals surface area contributed by atoms with E-state index in [0.717, 1.165) is 12.1 Å².